The number of H-pyrrole nitrogens is 1. The van der Waals surface area contributed by atoms with Gasteiger partial charge in [0, 0.05) is 18.7 Å². The van der Waals surface area contributed by atoms with Gasteiger partial charge in [-0.2, -0.15) is 5.10 Å². The number of ether oxygens (including phenoxy) is 2. The Hall–Kier alpha value is -2.34. The molecular formula is C15H17N3O3. The molecular weight excluding hydrogens is 270 g/mol. The summed E-state index contributed by atoms with van der Waals surface area (Å²) in [7, 11) is 1.63. The number of nitrogens with zero attached hydrogens (tertiary/aromatic N) is 2. The molecule has 0 unspecified atom stereocenters. The first-order valence-electron chi connectivity index (χ1n) is 6.85. The van der Waals surface area contributed by atoms with Gasteiger partial charge in [-0.05, 0) is 30.3 Å². The fourth-order valence-corrected chi connectivity index (χ4v) is 2.28. The average Bonchev–Trinajstić information content (AvgIpc) is 3.05. The third-order valence-corrected chi connectivity index (χ3v) is 3.49. The number of carbonyl (C=O) groups is 1. The van der Waals surface area contributed by atoms with E-state index in [0.717, 1.165) is 17.0 Å². The van der Waals surface area contributed by atoms with Crippen molar-refractivity contribution in [2.45, 2.75) is 0 Å². The summed E-state index contributed by atoms with van der Waals surface area (Å²) in [6, 6.07) is 9.34. The normalized spacial score (nSPS) is 15.0. The molecule has 0 spiro atoms. The largest absolute Gasteiger partial charge is 0.497 e. The van der Waals surface area contributed by atoms with Crippen molar-refractivity contribution in [1.82, 2.24) is 15.1 Å². The molecule has 1 aliphatic heterocycles. The minimum Gasteiger partial charge on any atom is -0.497 e. The first-order valence-corrected chi connectivity index (χ1v) is 6.85. The molecule has 1 aromatic carbocycles. The number of amides is 1. The zero-order valence-electron chi connectivity index (χ0n) is 11.8. The molecule has 0 atom stereocenters. The molecule has 0 bridgehead atoms. The molecule has 0 saturated carbocycles. The number of carbonyl (C=O) groups excluding carboxylic acids is 1. The highest BCUT2D eigenvalue weighted by Crippen LogP contribution is 2.21. The lowest BCUT2D eigenvalue weighted by molar-refractivity contribution is 0.0299. The van der Waals surface area contributed by atoms with Crippen LogP contribution in [0.5, 0.6) is 5.75 Å². The molecule has 1 fully saturated rings. The monoisotopic (exact) mass is 287 g/mol. The number of nitrogens with one attached hydrogen (secondary N) is 1. The summed E-state index contributed by atoms with van der Waals surface area (Å²) < 4.78 is 10.4. The van der Waals surface area contributed by atoms with Gasteiger partial charge in [-0.25, -0.2) is 0 Å². The second kappa shape index (κ2) is 5.97. The Morgan fingerprint density at radius 3 is 2.67 bits per heavy atom. The van der Waals surface area contributed by atoms with Crippen molar-refractivity contribution < 1.29 is 14.3 Å². The molecule has 1 N–H and O–H groups in total. The molecule has 0 radical (unpaired) electrons. The van der Waals surface area contributed by atoms with Gasteiger partial charge in [0.25, 0.3) is 5.91 Å². The fraction of sp³-hybridized carbons (Fsp3) is 0.333. The molecule has 2 heterocycles. The topological polar surface area (TPSA) is 67.4 Å². The van der Waals surface area contributed by atoms with Gasteiger partial charge >= 0.3 is 0 Å². The second-order valence-corrected chi connectivity index (χ2v) is 4.80. The van der Waals surface area contributed by atoms with Crippen LogP contribution >= 0.6 is 0 Å². The van der Waals surface area contributed by atoms with Crippen LogP contribution in [-0.2, 0) is 4.74 Å². The number of aromatic amines is 1. The smallest absolute Gasteiger partial charge is 0.272 e. The van der Waals surface area contributed by atoms with E-state index in [0.29, 0.717) is 32.0 Å². The number of hydrogen-bond acceptors (Lipinski definition) is 4. The maximum atomic E-state index is 12.3. The molecule has 3 rings (SSSR count). The average molecular weight is 287 g/mol. The van der Waals surface area contributed by atoms with Gasteiger partial charge in [-0.3, -0.25) is 9.89 Å². The number of morpholine rings is 1. The van der Waals surface area contributed by atoms with E-state index in [2.05, 4.69) is 10.2 Å². The highest BCUT2D eigenvalue weighted by Gasteiger charge is 2.20. The zero-order valence-corrected chi connectivity index (χ0v) is 11.8. The van der Waals surface area contributed by atoms with Crippen LogP contribution in [-0.4, -0.2) is 54.4 Å². The van der Waals surface area contributed by atoms with Gasteiger partial charge in [0.2, 0.25) is 0 Å². The first kappa shape index (κ1) is 13.6. The summed E-state index contributed by atoms with van der Waals surface area (Å²) in [6.07, 6.45) is 0. The minimum absolute atomic E-state index is 0.0365. The van der Waals surface area contributed by atoms with E-state index < -0.39 is 0 Å². The lowest BCUT2D eigenvalue weighted by Gasteiger charge is -2.26. The molecule has 0 aliphatic carbocycles. The van der Waals surface area contributed by atoms with Crippen molar-refractivity contribution in [3.05, 3.63) is 36.0 Å². The number of aromatic nitrogens is 2. The van der Waals surface area contributed by atoms with Gasteiger partial charge in [-0.15, -0.1) is 0 Å². The highest BCUT2D eigenvalue weighted by molar-refractivity contribution is 5.93. The van der Waals surface area contributed by atoms with Gasteiger partial charge in [0.05, 0.1) is 26.0 Å². The molecule has 6 nitrogen and oxygen atoms in total. The van der Waals surface area contributed by atoms with Crippen molar-refractivity contribution in [3.63, 3.8) is 0 Å². The summed E-state index contributed by atoms with van der Waals surface area (Å²) in [5, 5.41) is 7.03. The first-order chi connectivity index (χ1) is 10.3. The van der Waals surface area contributed by atoms with E-state index in [9.17, 15) is 4.79 Å². The molecule has 1 aliphatic rings. The fourth-order valence-electron chi connectivity index (χ4n) is 2.28. The van der Waals surface area contributed by atoms with Gasteiger partial charge in [0.15, 0.2) is 0 Å². The Bertz CT molecular complexity index is 615. The standard InChI is InChI=1S/C15H17N3O3/c1-20-12-4-2-11(3-5-12)13-10-14(17-16-13)15(19)18-6-8-21-9-7-18/h2-5,10H,6-9H2,1H3,(H,16,17). The summed E-state index contributed by atoms with van der Waals surface area (Å²) in [4.78, 5) is 14.1. The van der Waals surface area contributed by atoms with Crippen LogP contribution in [0.15, 0.2) is 30.3 Å². The maximum Gasteiger partial charge on any atom is 0.272 e. The number of benzene rings is 1. The SMILES string of the molecule is COc1ccc(-c2cc(C(=O)N3CCOCC3)[nH]n2)cc1. The Balaban J connectivity index is 1.77. The number of rotatable bonds is 3. The van der Waals surface area contributed by atoms with E-state index >= 15 is 0 Å². The predicted molar refractivity (Wildman–Crippen MR) is 77.3 cm³/mol. The Morgan fingerprint density at radius 1 is 1.29 bits per heavy atom. The lowest BCUT2D eigenvalue weighted by Crippen LogP contribution is -2.40. The number of methoxy groups -OCH3 is 1. The van der Waals surface area contributed by atoms with Gasteiger partial charge in [0.1, 0.15) is 11.4 Å². The third-order valence-electron chi connectivity index (χ3n) is 3.49. The number of hydrogen-bond donors (Lipinski definition) is 1. The minimum atomic E-state index is -0.0365. The van der Waals surface area contributed by atoms with Crippen molar-refractivity contribution >= 4 is 5.91 Å². The quantitative estimate of drug-likeness (QED) is 0.930. The van der Waals surface area contributed by atoms with Crippen LogP contribution < -0.4 is 4.74 Å². The van der Waals surface area contributed by atoms with Crippen LogP contribution in [0.4, 0.5) is 0 Å². The van der Waals surface area contributed by atoms with Crippen molar-refractivity contribution in [2.24, 2.45) is 0 Å². The van der Waals surface area contributed by atoms with Crippen molar-refractivity contribution in [2.75, 3.05) is 33.4 Å². The maximum absolute atomic E-state index is 12.3. The van der Waals surface area contributed by atoms with Crippen LogP contribution in [0.1, 0.15) is 10.5 Å². The molecule has 1 saturated heterocycles. The molecule has 21 heavy (non-hydrogen) atoms. The van der Waals surface area contributed by atoms with E-state index in [-0.39, 0.29) is 5.91 Å². The van der Waals surface area contributed by atoms with Gasteiger partial charge < -0.3 is 14.4 Å². The molecule has 6 heteroatoms. The van der Waals surface area contributed by atoms with Crippen molar-refractivity contribution in [1.29, 1.82) is 0 Å². The van der Waals surface area contributed by atoms with E-state index in [1.807, 2.05) is 24.3 Å². The third kappa shape index (κ3) is 2.90. The predicted octanol–water partition coefficient (Wildman–Crippen LogP) is 1.56. The summed E-state index contributed by atoms with van der Waals surface area (Å²) in [6.45, 7) is 2.42. The zero-order chi connectivity index (χ0) is 14.7. The molecule has 1 amide bonds. The van der Waals surface area contributed by atoms with Crippen LogP contribution in [0.2, 0.25) is 0 Å². The van der Waals surface area contributed by atoms with Crippen LogP contribution in [0.3, 0.4) is 0 Å². The van der Waals surface area contributed by atoms with Crippen LogP contribution in [0, 0.1) is 0 Å². The molecule has 2 aromatic rings. The highest BCUT2D eigenvalue weighted by atomic mass is 16.5. The Kier molecular flexibility index (Phi) is 3.87. The van der Waals surface area contributed by atoms with E-state index in [1.165, 1.54) is 0 Å². The van der Waals surface area contributed by atoms with Gasteiger partial charge in [-0.1, -0.05) is 0 Å². The second-order valence-electron chi connectivity index (χ2n) is 4.80. The Labute approximate surface area is 122 Å². The molecule has 110 valence electrons. The lowest BCUT2D eigenvalue weighted by atomic mass is 10.1. The van der Waals surface area contributed by atoms with E-state index in [4.69, 9.17) is 9.47 Å². The summed E-state index contributed by atoms with van der Waals surface area (Å²) in [5.74, 6) is 0.754. The van der Waals surface area contributed by atoms with Crippen molar-refractivity contribution in [3.8, 4) is 17.0 Å². The Morgan fingerprint density at radius 2 is 2.00 bits per heavy atom. The summed E-state index contributed by atoms with van der Waals surface area (Å²) in [5.41, 5.74) is 2.19. The summed E-state index contributed by atoms with van der Waals surface area (Å²) >= 11 is 0. The molecule has 1 aromatic heterocycles. The van der Waals surface area contributed by atoms with Crippen LogP contribution in [0.25, 0.3) is 11.3 Å². The van der Waals surface area contributed by atoms with E-state index in [1.54, 1.807) is 18.1 Å².